The number of nitrogens with two attached hydrogens (primary N) is 1. The van der Waals surface area contributed by atoms with Crippen molar-refractivity contribution in [3.05, 3.63) is 29.8 Å². The number of hydrogen-bond donors (Lipinski definition) is 3. The van der Waals surface area contributed by atoms with E-state index in [4.69, 9.17) is 5.73 Å². The number of hydrogen-bond acceptors (Lipinski definition) is 3. The predicted molar refractivity (Wildman–Crippen MR) is 82.5 cm³/mol. The molecule has 5 heteroatoms. The van der Waals surface area contributed by atoms with Gasteiger partial charge in [-0.1, -0.05) is 18.6 Å². The molecular weight excluding hydrogens is 266 g/mol. The molecule has 0 bridgehead atoms. The highest BCUT2D eigenvalue weighted by molar-refractivity contribution is 5.88. The van der Waals surface area contributed by atoms with E-state index < -0.39 is 0 Å². The summed E-state index contributed by atoms with van der Waals surface area (Å²) in [5.41, 5.74) is 7.57. The van der Waals surface area contributed by atoms with Crippen molar-refractivity contribution in [1.82, 2.24) is 5.32 Å². The molecule has 0 heterocycles. The molecule has 1 aliphatic rings. The summed E-state index contributed by atoms with van der Waals surface area (Å²) in [7, 11) is 0. The molecule has 4 N–H and O–H groups in total. The van der Waals surface area contributed by atoms with Gasteiger partial charge in [-0.05, 0) is 42.5 Å². The Kier molecular flexibility index (Phi) is 4.96. The molecule has 5 nitrogen and oxygen atoms in total. The SMILES string of the molecule is CC(=O)Nc1ccc(CNC(=O)CC2(CN)CCC2)cc1. The molecule has 0 unspecified atom stereocenters. The minimum atomic E-state index is -0.0939. The maximum atomic E-state index is 12.0. The third kappa shape index (κ3) is 4.29. The van der Waals surface area contributed by atoms with Crippen LogP contribution in [0.5, 0.6) is 0 Å². The van der Waals surface area contributed by atoms with Crippen LogP contribution in [0.15, 0.2) is 24.3 Å². The average Bonchev–Trinajstić information content (AvgIpc) is 2.41. The first-order chi connectivity index (χ1) is 10.0. The quantitative estimate of drug-likeness (QED) is 0.746. The van der Waals surface area contributed by atoms with Gasteiger partial charge in [0.2, 0.25) is 11.8 Å². The maximum Gasteiger partial charge on any atom is 0.221 e. The lowest BCUT2D eigenvalue weighted by molar-refractivity contribution is -0.124. The van der Waals surface area contributed by atoms with Crippen LogP contribution in [0, 0.1) is 5.41 Å². The molecule has 1 aliphatic carbocycles. The van der Waals surface area contributed by atoms with Crippen LogP contribution in [-0.4, -0.2) is 18.4 Å². The molecule has 0 atom stereocenters. The standard InChI is InChI=1S/C16H23N3O2/c1-12(20)19-14-5-3-13(4-6-14)10-18-15(21)9-16(11-17)7-2-8-16/h3-6H,2,7-11,17H2,1H3,(H,18,21)(H,19,20). The van der Waals surface area contributed by atoms with Crippen molar-refractivity contribution >= 4 is 17.5 Å². The van der Waals surface area contributed by atoms with Crippen LogP contribution < -0.4 is 16.4 Å². The van der Waals surface area contributed by atoms with Crippen molar-refractivity contribution in [2.45, 2.75) is 39.2 Å². The van der Waals surface area contributed by atoms with Gasteiger partial charge in [-0.15, -0.1) is 0 Å². The second-order valence-corrected chi connectivity index (χ2v) is 5.89. The molecule has 2 amide bonds. The van der Waals surface area contributed by atoms with Crippen molar-refractivity contribution in [1.29, 1.82) is 0 Å². The number of carbonyl (C=O) groups excluding carboxylic acids is 2. The first-order valence-electron chi connectivity index (χ1n) is 7.36. The fourth-order valence-corrected chi connectivity index (χ4v) is 2.64. The molecule has 1 aromatic rings. The summed E-state index contributed by atoms with van der Waals surface area (Å²) in [6, 6.07) is 7.45. The Balaban J connectivity index is 1.79. The van der Waals surface area contributed by atoms with E-state index in [0.717, 1.165) is 24.1 Å². The lowest BCUT2D eigenvalue weighted by atomic mass is 9.66. The van der Waals surface area contributed by atoms with Crippen LogP contribution in [0.4, 0.5) is 5.69 Å². The highest BCUT2D eigenvalue weighted by Gasteiger charge is 2.37. The number of anilines is 1. The number of rotatable bonds is 6. The summed E-state index contributed by atoms with van der Waals surface area (Å²) in [5.74, 6) is -0.0327. The van der Waals surface area contributed by atoms with Crippen LogP contribution in [0.25, 0.3) is 0 Å². The van der Waals surface area contributed by atoms with Crippen molar-refractivity contribution in [2.75, 3.05) is 11.9 Å². The third-order valence-corrected chi connectivity index (χ3v) is 4.15. The number of amides is 2. The number of nitrogens with one attached hydrogen (secondary N) is 2. The summed E-state index contributed by atoms with van der Waals surface area (Å²) in [5, 5.41) is 5.65. The maximum absolute atomic E-state index is 12.0. The van der Waals surface area contributed by atoms with E-state index in [2.05, 4.69) is 10.6 Å². The van der Waals surface area contributed by atoms with E-state index in [1.807, 2.05) is 24.3 Å². The van der Waals surface area contributed by atoms with E-state index in [-0.39, 0.29) is 17.2 Å². The van der Waals surface area contributed by atoms with Gasteiger partial charge in [0, 0.05) is 25.6 Å². The highest BCUT2D eigenvalue weighted by atomic mass is 16.2. The van der Waals surface area contributed by atoms with Crippen LogP contribution in [0.1, 0.15) is 38.2 Å². The van der Waals surface area contributed by atoms with E-state index in [9.17, 15) is 9.59 Å². The van der Waals surface area contributed by atoms with Crippen LogP contribution >= 0.6 is 0 Å². The molecule has 0 aromatic heterocycles. The zero-order chi connectivity index (χ0) is 15.3. The van der Waals surface area contributed by atoms with Gasteiger partial charge in [-0.2, -0.15) is 0 Å². The second kappa shape index (κ2) is 6.72. The Morgan fingerprint density at radius 2 is 1.90 bits per heavy atom. The normalized spacial score (nSPS) is 15.9. The van der Waals surface area contributed by atoms with E-state index in [1.54, 1.807) is 0 Å². The van der Waals surface area contributed by atoms with Gasteiger partial charge in [0.15, 0.2) is 0 Å². The van der Waals surface area contributed by atoms with Gasteiger partial charge in [-0.3, -0.25) is 9.59 Å². The molecule has 1 saturated carbocycles. The molecule has 2 rings (SSSR count). The molecule has 0 aliphatic heterocycles. The lowest BCUT2D eigenvalue weighted by Crippen LogP contribution is -2.41. The lowest BCUT2D eigenvalue weighted by Gasteiger charge is -2.40. The van der Waals surface area contributed by atoms with Gasteiger partial charge in [-0.25, -0.2) is 0 Å². The summed E-state index contributed by atoms with van der Waals surface area (Å²) in [4.78, 5) is 22.9. The largest absolute Gasteiger partial charge is 0.352 e. The molecular formula is C16H23N3O2. The van der Waals surface area contributed by atoms with Crippen molar-refractivity contribution < 1.29 is 9.59 Å². The molecule has 114 valence electrons. The van der Waals surface area contributed by atoms with E-state index in [0.29, 0.717) is 19.5 Å². The van der Waals surface area contributed by atoms with Crippen LogP contribution in [0.3, 0.4) is 0 Å². The summed E-state index contributed by atoms with van der Waals surface area (Å²) in [6.07, 6.45) is 3.81. The monoisotopic (exact) mass is 289 g/mol. The Morgan fingerprint density at radius 3 is 2.38 bits per heavy atom. The van der Waals surface area contributed by atoms with E-state index >= 15 is 0 Å². The smallest absolute Gasteiger partial charge is 0.221 e. The Morgan fingerprint density at radius 1 is 1.24 bits per heavy atom. The summed E-state index contributed by atoms with van der Waals surface area (Å²) >= 11 is 0. The highest BCUT2D eigenvalue weighted by Crippen LogP contribution is 2.42. The first kappa shape index (κ1) is 15.5. The van der Waals surface area contributed by atoms with Gasteiger partial charge < -0.3 is 16.4 Å². The minimum Gasteiger partial charge on any atom is -0.352 e. The molecule has 21 heavy (non-hydrogen) atoms. The molecule has 0 spiro atoms. The summed E-state index contributed by atoms with van der Waals surface area (Å²) in [6.45, 7) is 2.56. The van der Waals surface area contributed by atoms with Crippen LogP contribution in [-0.2, 0) is 16.1 Å². The number of benzene rings is 1. The zero-order valence-electron chi connectivity index (χ0n) is 12.4. The van der Waals surface area contributed by atoms with Gasteiger partial charge in [0.25, 0.3) is 0 Å². The molecule has 0 saturated heterocycles. The van der Waals surface area contributed by atoms with Crippen molar-refractivity contribution in [3.63, 3.8) is 0 Å². The summed E-state index contributed by atoms with van der Waals surface area (Å²) < 4.78 is 0. The molecule has 0 radical (unpaired) electrons. The Hall–Kier alpha value is -1.88. The van der Waals surface area contributed by atoms with Crippen LogP contribution in [0.2, 0.25) is 0 Å². The first-order valence-corrected chi connectivity index (χ1v) is 7.36. The van der Waals surface area contributed by atoms with Crippen molar-refractivity contribution in [2.24, 2.45) is 11.1 Å². The Labute approximate surface area is 125 Å². The second-order valence-electron chi connectivity index (χ2n) is 5.89. The topological polar surface area (TPSA) is 84.2 Å². The molecule has 1 fully saturated rings. The Bertz CT molecular complexity index is 501. The molecule has 1 aromatic carbocycles. The van der Waals surface area contributed by atoms with E-state index in [1.165, 1.54) is 13.3 Å². The third-order valence-electron chi connectivity index (χ3n) is 4.15. The van der Waals surface area contributed by atoms with Crippen molar-refractivity contribution in [3.8, 4) is 0 Å². The fourth-order valence-electron chi connectivity index (χ4n) is 2.64. The number of carbonyl (C=O) groups is 2. The predicted octanol–water partition coefficient (Wildman–Crippen LogP) is 1.78. The van der Waals surface area contributed by atoms with Gasteiger partial charge in [0.1, 0.15) is 0 Å². The fraction of sp³-hybridized carbons (Fsp3) is 0.500. The minimum absolute atomic E-state index is 0.0410. The van der Waals surface area contributed by atoms with Gasteiger partial charge in [0.05, 0.1) is 0 Å². The zero-order valence-corrected chi connectivity index (χ0v) is 12.4. The average molecular weight is 289 g/mol. The van der Waals surface area contributed by atoms with Gasteiger partial charge >= 0.3 is 0 Å².